The predicted octanol–water partition coefficient (Wildman–Crippen LogP) is 3.14. The summed E-state index contributed by atoms with van der Waals surface area (Å²) < 4.78 is 5.30. The van der Waals surface area contributed by atoms with Gasteiger partial charge in [-0.1, -0.05) is 13.3 Å². The topological polar surface area (TPSA) is 62.5 Å². The monoisotopic (exact) mass is 297 g/mol. The summed E-state index contributed by atoms with van der Waals surface area (Å²) in [7, 11) is 0. The fraction of sp³-hybridized carbons (Fsp3) is 0.667. The highest BCUT2D eigenvalue weighted by molar-refractivity contribution is 7.98. The molecule has 1 heterocycles. The number of aliphatic carboxylic acids is 1. The lowest BCUT2D eigenvalue weighted by atomic mass is 9.85. The Bertz CT molecular complexity index is 421. The molecule has 0 radical (unpaired) electrons. The molecule has 1 saturated carbocycles. The number of thioether (sulfide) groups is 1. The van der Waals surface area contributed by atoms with Crippen molar-refractivity contribution in [3.05, 3.63) is 24.2 Å². The maximum absolute atomic E-state index is 11.7. The summed E-state index contributed by atoms with van der Waals surface area (Å²) in [6.07, 6.45) is 5.41. The third kappa shape index (κ3) is 3.38. The van der Waals surface area contributed by atoms with E-state index in [2.05, 4.69) is 5.32 Å². The van der Waals surface area contributed by atoms with Gasteiger partial charge in [-0.15, -0.1) is 0 Å². The van der Waals surface area contributed by atoms with Gasteiger partial charge in [0.15, 0.2) is 0 Å². The Kier molecular flexibility index (Phi) is 5.54. The van der Waals surface area contributed by atoms with E-state index < -0.39 is 11.5 Å². The van der Waals surface area contributed by atoms with E-state index in [4.69, 9.17) is 4.42 Å². The average molecular weight is 297 g/mol. The van der Waals surface area contributed by atoms with Gasteiger partial charge in [-0.05, 0) is 49.6 Å². The van der Waals surface area contributed by atoms with Crippen LogP contribution in [0, 0.1) is 5.92 Å². The van der Waals surface area contributed by atoms with Gasteiger partial charge in [0.1, 0.15) is 11.3 Å². The smallest absolute Gasteiger partial charge is 0.324 e. The molecule has 0 bridgehead atoms. The molecule has 2 N–H and O–H groups in total. The van der Waals surface area contributed by atoms with Crippen molar-refractivity contribution in [1.29, 1.82) is 0 Å². The average Bonchev–Trinajstić information content (AvgIpc) is 3.05. The van der Waals surface area contributed by atoms with Crippen molar-refractivity contribution in [3.63, 3.8) is 0 Å². The van der Waals surface area contributed by atoms with Crippen molar-refractivity contribution in [2.45, 2.75) is 43.9 Å². The van der Waals surface area contributed by atoms with Crippen LogP contribution in [0.4, 0.5) is 0 Å². The van der Waals surface area contributed by atoms with E-state index in [1.807, 2.05) is 30.8 Å². The highest BCUT2D eigenvalue weighted by atomic mass is 32.2. The highest BCUT2D eigenvalue weighted by Crippen LogP contribution is 2.39. The van der Waals surface area contributed by atoms with Gasteiger partial charge in [0, 0.05) is 0 Å². The minimum Gasteiger partial charge on any atom is -0.480 e. The number of hydrogen-bond donors (Lipinski definition) is 2. The summed E-state index contributed by atoms with van der Waals surface area (Å²) in [5, 5.41) is 12.8. The molecule has 2 rings (SSSR count). The Morgan fingerprint density at radius 2 is 2.50 bits per heavy atom. The third-order valence-electron chi connectivity index (χ3n) is 4.13. The van der Waals surface area contributed by atoms with E-state index in [1.165, 1.54) is 0 Å². The van der Waals surface area contributed by atoms with E-state index in [-0.39, 0.29) is 5.92 Å². The molecule has 112 valence electrons. The summed E-state index contributed by atoms with van der Waals surface area (Å²) in [4.78, 5) is 11.7. The minimum absolute atomic E-state index is 0.240. The lowest BCUT2D eigenvalue weighted by molar-refractivity contribution is -0.146. The van der Waals surface area contributed by atoms with Crippen molar-refractivity contribution in [3.8, 4) is 0 Å². The van der Waals surface area contributed by atoms with Gasteiger partial charge in [-0.3, -0.25) is 4.79 Å². The van der Waals surface area contributed by atoms with Crippen molar-refractivity contribution in [2.24, 2.45) is 5.92 Å². The SMILES string of the molecule is CCNC1(C(=O)O)CCCC1CCSCc1ccco1. The zero-order valence-corrected chi connectivity index (χ0v) is 12.7. The molecular formula is C15H23NO3S. The maximum Gasteiger partial charge on any atom is 0.324 e. The molecule has 0 aromatic carbocycles. The van der Waals surface area contributed by atoms with Gasteiger partial charge in [0.2, 0.25) is 0 Å². The molecule has 0 spiro atoms. The van der Waals surface area contributed by atoms with Crippen LogP contribution in [0.1, 0.15) is 38.4 Å². The second kappa shape index (κ2) is 7.18. The lowest BCUT2D eigenvalue weighted by Gasteiger charge is -2.32. The second-order valence-electron chi connectivity index (χ2n) is 5.32. The van der Waals surface area contributed by atoms with E-state index in [0.717, 1.165) is 42.9 Å². The second-order valence-corrected chi connectivity index (χ2v) is 6.42. The molecule has 2 atom stereocenters. The Morgan fingerprint density at radius 3 is 3.15 bits per heavy atom. The maximum atomic E-state index is 11.7. The van der Waals surface area contributed by atoms with Gasteiger partial charge in [-0.2, -0.15) is 11.8 Å². The molecule has 1 fully saturated rings. The van der Waals surface area contributed by atoms with Gasteiger partial charge in [0.05, 0.1) is 12.0 Å². The molecular weight excluding hydrogens is 274 g/mol. The molecule has 2 unspecified atom stereocenters. The van der Waals surface area contributed by atoms with Gasteiger partial charge in [-0.25, -0.2) is 0 Å². The number of carboxylic acid groups (broad SMARTS) is 1. The Hall–Kier alpha value is -0.940. The van der Waals surface area contributed by atoms with Crippen molar-refractivity contribution < 1.29 is 14.3 Å². The summed E-state index contributed by atoms with van der Waals surface area (Å²) in [5.41, 5.74) is -0.694. The number of nitrogens with one attached hydrogen (secondary N) is 1. The summed E-state index contributed by atoms with van der Waals surface area (Å²) in [6.45, 7) is 2.69. The van der Waals surface area contributed by atoms with Crippen LogP contribution in [0.25, 0.3) is 0 Å². The fourth-order valence-electron chi connectivity index (χ4n) is 3.17. The number of likely N-dealkylation sites (N-methyl/N-ethyl adjacent to an activating group) is 1. The number of carbonyl (C=O) groups is 1. The first-order valence-electron chi connectivity index (χ1n) is 7.27. The highest BCUT2D eigenvalue weighted by Gasteiger charge is 2.48. The van der Waals surface area contributed by atoms with Gasteiger partial charge >= 0.3 is 5.97 Å². The fourth-order valence-corrected chi connectivity index (χ4v) is 4.13. The van der Waals surface area contributed by atoms with Crippen LogP contribution in [0.5, 0.6) is 0 Å². The molecule has 1 aromatic heterocycles. The van der Waals surface area contributed by atoms with Crippen LogP contribution in [-0.4, -0.2) is 28.9 Å². The quantitative estimate of drug-likeness (QED) is 0.722. The molecule has 0 aliphatic heterocycles. The molecule has 4 nitrogen and oxygen atoms in total. The van der Waals surface area contributed by atoms with E-state index in [1.54, 1.807) is 6.26 Å². The number of carboxylic acids is 1. The number of furan rings is 1. The molecule has 20 heavy (non-hydrogen) atoms. The zero-order chi connectivity index (χ0) is 14.4. The van der Waals surface area contributed by atoms with Crippen molar-refractivity contribution >= 4 is 17.7 Å². The first kappa shape index (κ1) is 15.4. The standard InChI is InChI=1S/C15H23NO3S/c1-2-16-15(14(17)18)8-3-5-12(15)7-10-20-11-13-6-4-9-19-13/h4,6,9,12,16H,2-3,5,7-8,10-11H2,1H3,(H,17,18). The van der Waals surface area contributed by atoms with Crippen LogP contribution >= 0.6 is 11.8 Å². The lowest BCUT2D eigenvalue weighted by Crippen LogP contribution is -2.54. The third-order valence-corrected chi connectivity index (χ3v) is 5.14. The van der Waals surface area contributed by atoms with E-state index in [0.29, 0.717) is 6.54 Å². The Balaban J connectivity index is 1.82. The summed E-state index contributed by atoms with van der Waals surface area (Å²) in [5.74, 6) is 2.38. The van der Waals surface area contributed by atoms with Crippen molar-refractivity contribution in [2.75, 3.05) is 12.3 Å². The molecule has 1 aliphatic carbocycles. The first-order chi connectivity index (χ1) is 9.69. The number of hydrogen-bond acceptors (Lipinski definition) is 4. The summed E-state index contributed by atoms with van der Waals surface area (Å²) >= 11 is 1.81. The summed E-state index contributed by atoms with van der Waals surface area (Å²) in [6, 6.07) is 3.87. The first-order valence-corrected chi connectivity index (χ1v) is 8.43. The van der Waals surface area contributed by atoms with Crippen LogP contribution in [0.3, 0.4) is 0 Å². The van der Waals surface area contributed by atoms with Gasteiger partial charge < -0.3 is 14.8 Å². The molecule has 1 aliphatic rings. The van der Waals surface area contributed by atoms with Gasteiger partial charge in [0.25, 0.3) is 0 Å². The Morgan fingerprint density at radius 1 is 1.65 bits per heavy atom. The minimum atomic E-state index is -0.694. The zero-order valence-electron chi connectivity index (χ0n) is 11.9. The number of rotatable bonds is 8. The molecule has 0 amide bonds. The predicted molar refractivity (Wildman–Crippen MR) is 80.9 cm³/mol. The van der Waals surface area contributed by atoms with Crippen LogP contribution in [0.2, 0.25) is 0 Å². The van der Waals surface area contributed by atoms with E-state index >= 15 is 0 Å². The molecule has 5 heteroatoms. The van der Waals surface area contributed by atoms with E-state index in [9.17, 15) is 9.90 Å². The normalized spacial score (nSPS) is 25.9. The largest absolute Gasteiger partial charge is 0.480 e. The van der Waals surface area contributed by atoms with Crippen LogP contribution in [0.15, 0.2) is 22.8 Å². The molecule has 1 aromatic rings. The van der Waals surface area contributed by atoms with Crippen molar-refractivity contribution in [1.82, 2.24) is 5.32 Å². The Labute approximate surface area is 124 Å². The van der Waals surface area contributed by atoms with Crippen LogP contribution in [-0.2, 0) is 10.5 Å². The van der Waals surface area contributed by atoms with Crippen LogP contribution < -0.4 is 5.32 Å². The molecule has 0 saturated heterocycles.